The fraction of sp³-hybridized carbons (Fsp3) is 0.700. The van der Waals surface area contributed by atoms with Gasteiger partial charge < -0.3 is 5.32 Å². The number of hydrogen-bond donors (Lipinski definition) is 1. The van der Waals surface area contributed by atoms with E-state index in [1.807, 2.05) is 0 Å². The van der Waals surface area contributed by atoms with Crippen molar-refractivity contribution in [2.45, 2.75) is 6.42 Å². The Hall–Kier alpha value is -0.790. The predicted octanol–water partition coefficient (Wildman–Crippen LogP) is 0.554. The Morgan fingerprint density at radius 2 is 2.42 bits per heavy atom. The molecular formula is C10H11NO. The van der Waals surface area contributed by atoms with Crippen LogP contribution in [0.2, 0.25) is 0 Å². The topological polar surface area (TPSA) is 29.1 Å². The van der Waals surface area contributed by atoms with Gasteiger partial charge in [-0.2, -0.15) is 0 Å². The van der Waals surface area contributed by atoms with E-state index in [9.17, 15) is 4.79 Å². The molecule has 4 aliphatic rings. The van der Waals surface area contributed by atoms with Crippen LogP contribution in [0, 0.1) is 29.1 Å². The van der Waals surface area contributed by atoms with Gasteiger partial charge in [-0.15, -0.1) is 0 Å². The molecular weight excluding hydrogens is 150 g/mol. The van der Waals surface area contributed by atoms with Crippen molar-refractivity contribution in [3.05, 3.63) is 12.2 Å². The van der Waals surface area contributed by atoms with Gasteiger partial charge in [-0.1, -0.05) is 12.2 Å². The van der Waals surface area contributed by atoms with Crippen LogP contribution in [0.15, 0.2) is 12.2 Å². The summed E-state index contributed by atoms with van der Waals surface area (Å²) in [6.07, 6.45) is 6.02. The van der Waals surface area contributed by atoms with Crippen LogP contribution in [-0.2, 0) is 4.79 Å². The van der Waals surface area contributed by atoms with Gasteiger partial charge in [-0.05, 0) is 24.2 Å². The normalized spacial score (nSPS) is 63.2. The lowest BCUT2D eigenvalue weighted by Gasteiger charge is -2.15. The summed E-state index contributed by atoms with van der Waals surface area (Å²) < 4.78 is 0. The van der Waals surface area contributed by atoms with E-state index < -0.39 is 0 Å². The monoisotopic (exact) mass is 161 g/mol. The molecule has 62 valence electrons. The van der Waals surface area contributed by atoms with Crippen LogP contribution in [0.5, 0.6) is 0 Å². The van der Waals surface area contributed by atoms with Gasteiger partial charge in [-0.3, -0.25) is 4.79 Å². The van der Waals surface area contributed by atoms with Crippen molar-refractivity contribution < 1.29 is 4.79 Å². The molecule has 3 unspecified atom stereocenters. The lowest BCUT2D eigenvalue weighted by molar-refractivity contribution is -0.121. The first-order valence-corrected chi connectivity index (χ1v) is 4.80. The summed E-state index contributed by atoms with van der Waals surface area (Å²) in [7, 11) is 0. The van der Waals surface area contributed by atoms with Crippen molar-refractivity contribution in [1.82, 2.24) is 5.32 Å². The highest BCUT2D eigenvalue weighted by Gasteiger charge is 2.79. The van der Waals surface area contributed by atoms with E-state index in [0.717, 1.165) is 24.3 Å². The second-order valence-electron chi connectivity index (χ2n) is 4.72. The Morgan fingerprint density at radius 1 is 1.50 bits per heavy atom. The highest BCUT2D eigenvalue weighted by molar-refractivity contribution is 5.87. The maximum atomic E-state index is 11.4. The molecule has 0 radical (unpaired) electrons. The van der Waals surface area contributed by atoms with Crippen LogP contribution in [0.4, 0.5) is 0 Å². The van der Waals surface area contributed by atoms with Crippen molar-refractivity contribution in [3.8, 4) is 0 Å². The molecule has 1 spiro atoms. The number of nitrogens with one attached hydrogen (secondary N) is 1. The van der Waals surface area contributed by atoms with Crippen LogP contribution in [-0.4, -0.2) is 12.5 Å². The van der Waals surface area contributed by atoms with Crippen molar-refractivity contribution >= 4 is 5.91 Å². The summed E-state index contributed by atoms with van der Waals surface area (Å²) in [6, 6.07) is 0. The van der Waals surface area contributed by atoms with E-state index in [1.54, 1.807) is 0 Å². The summed E-state index contributed by atoms with van der Waals surface area (Å²) in [5.74, 6) is 2.96. The number of allylic oxidation sites excluding steroid dienone is 2. The van der Waals surface area contributed by atoms with Gasteiger partial charge in [0.1, 0.15) is 0 Å². The molecule has 3 aliphatic carbocycles. The predicted molar refractivity (Wildman–Crippen MR) is 43.2 cm³/mol. The molecule has 2 saturated carbocycles. The molecule has 5 atom stereocenters. The average molecular weight is 161 g/mol. The van der Waals surface area contributed by atoms with Crippen LogP contribution < -0.4 is 5.32 Å². The van der Waals surface area contributed by atoms with Crippen molar-refractivity contribution in [2.24, 2.45) is 29.1 Å². The molecule has 12 heavy (non-hydrogen) atoms. The van der Waals surface area contributed by atoms with E-state index in [-0.39, 0.29) is 0 Å². The SMILES string of the molecule is O=C1NC[C@]23C4C=CC(C4)C2[C@H]13. The highest BCUT2D eigenvalue weighted by Crippen LogP contribution is 2.77. The zero-order valence-electron chi connectivity index (χ0n) is 6.79. The first-order chi connectivity index (χ1) is 5.84. The molecule has 2 nitrogen and oxygen atoms in total. The minimum absolute atomic E-state index is 0.332. The molecule has 4 rings (SSSR count). The van der Waals surface area contributed by atoms with Gasteiger partial charge in [0.05, 0.1) is 5.92 Å². The van der Waals surface area contributed by atoms with Gasteiger partial charge in [0.25, 0.3) is 0 Å². The second-order valence-corrected chi connectivity index (χ2v) is 4.72. The minimum Gasteiger partial charge on any atom is -0.355 e. The van der Waals surface area contributed by atoms with Gasteiger partial charge in [-0.25, -0.2) is 0 Å². The van der Waals surface area contributed by atoms with Crippen LogP contribution in [0.3, 0.4) is 0 Å². The summed E-state index contributed by atoms with van der Waals surface area (Å²) >= 11 is 0. The van der Waals surface area contributed by atoms with Gasteiger partial charge in [0.2, 0.25) is 5.91 Å². The largest absolute Gasteiger partial charge is 0.355 e. The summed E-state index contributed by atoms with van der Waals surface area (Å²) in [5.41, 5.74) is 0.413. The van der Waals surface area contributed by atoms with E-state index in [0.29, 0.717) is 17.2 Å². The third-order valence-corrected chi connectivity index (χ3v) is 4.57. The third-order valence-electron chi connectivity index (χ3n) is 4.57. The Bertz CT molecular complexity index is 322. The summed E-state index contributed by atoms with van der Waals surface area (Å²) in [6.45, 7) is 0.965. The smallest absolute Gasteiger partial charge is 0.224 e. The lowest BCUT2D eigenvalue weighted by Crippen LogP contribution is -2.26. The molecule has 3 fully saturated rings. The Morgan fingerprint density at radius 3 is 3.25 bits per heavy atom. The van der Waals surface area contributed by atoms with Crippen LogP contribution >= 0.6 is 0 Å². The molecule has 1 amide bonds. The maximum Gasteiger partial charge on any atom is 0.224 e. The number of amides is 1. The summed E-state index contributed by atoms with van der Waals surface area (Å²) in [5, 5.41) is 2.99. The van der Waals surface area contributed by atoms with Crippen molar-refractivity contribution in [2.75, 3.05) is 6.54 Å². The van der Waals surface area contributed by atoms with Crippen molar-refractivity contribution in [3.63, 3.8) is 0 Å². The lowest BCUT2D eigenvalue weighted by atomic mass is 9.90. The van der Waals surface area contributed by atoms with E-state index in [1.165, 1.54) is 6.42 Å². The molecule has 0 aromatic carbocycles. The standard InChI is InChI=1S/C10H11NO/c12-9-8-7-5-1-2-6(3-5)10(7,8)4-11-9/h1-2,5-8H,3-4H2,(H,11,12)/t5?,6?,7?,8-,10+/m1/s1. The quantitative estimate of drug-likeness (QED) is 0.517. The van der Waals surface area contributed by atoms with Gasteiger partial charge in [0.15, 0.2) is 0 Å². The third kappa shape index (κ3) is 0.348. The van der Waals surface area contributed by atoms with Crippen molar-refractivity contribution in [1.29, 1.82) is 0 Å². The number of rotatable bonds is 0. The molecule has 1 aliphatic heterocycles. The Balaban J connectivity index is 1.88. The first kappa shape index (κ1) is 5.79. The summed E-state index contributed by atoms with van der Waals surface area (Å²) in [4.78, 5) is 11.4. The molecule has 1 N–H and O–H groups in total. The number of piperidine rings is 1. The van der Waals surface area contributed by atoms with E-state index >= 15 is 0 Å². The average Bonchev–Trinajstić information content (AvgIpc) is 2.48. The Kier molecular flexibility index (Phi) is 0.657. The molecule has 2 heteroatoms. The molecule has 0 aromatic heterocycles. The molecule has 1 saturated heterocycles. The fourth-order valence-electron chi connectivity index (χ4n) is 4.12. The molecule has 2 bridgehead atoms. The minimum atomic E-state index is 0.332. The van der Waals surface area contributed by atoms with Gasteiger partial charge in [0, 0.05) is 12.0 Å². The van der Waals surface area contributed by atoms with Crippen LogP contribution in [0.1, 0.15) is 6.42 Å². The number of carbonyl (C=O) groups is 1. The number of carbonyl (C=O) groups excluding carboxylic acids is 1. The first-order valence-electron chi connectivity index (χ1n) is 4.80. The fourth-order valence-corrected chi connectivity index (χ4v) is 4.12. The van der Waals surface area contributed by atoms with E-state index in [4.69, 9.17) is 0 Å². The number of fused-ring (bicyclic) bond motifs is 4. The second kappa shape index (κ2) is 1.36. The van der Waals surface area contributed by atoms with Crippen LogP contribution in [0.25, 0.3) is 0 Å². The molecule has 0 aromatic rings. The van der Waals surface area contributed by atoms with E-state index in [2.05, 4.69) is 17.5 Å². The maximum absolute atomic E-state index is 11.4. The molecule has 1 heterocycles. The highest BCUT2D eigenvalue weighted by atomic mass is 16.2. The van der Waals surface area contributed by atoms with Gasteiger partial charge >= 0.3 is 0 Å². The Labute approximate surface area is 71.0 Å². The zero-order valence-corrected chi connectivity index (χ0v) is 6.79. The number of hydrogen-bond acceptors (Lipinski definition) is 1. The zero-order chi connectivity index (χ0) is 7.92.